The lowest BCUT2D eigenvalue weighted by Gasteiger charge is -2.27. The zero-order chi connectivity index (χ0) is 13.2. The van der Waals surface area contributed by atoms with Gasteiger partial charge in [-0.3, -0.25) is 0 Å². The van der Waals surface area contributed by atoms with Crippen molar-refractivity contribution < 1.29 is 5.11 Å². The van der Waals surface area contributed by atoms with E-state index in [9.17, 15) is 5.11 Å². The maximum absolute atomic E-state index is 10.3. The maximum Gasteiger partial charge on any atom is 0.137 e. The monoisotopic (exact) mass is 279 g/mol. The first kappa shape index (κ1) is 13.3. The van der Waals surface area contributed by atoms with E-state index in [-0.39, 0.29) is 0 Å². The van der Waals surface area contributed by atoms with Crippen LogP contribution in [0.15, 0.2) is 6.07 Å². The Morgan fingerprint density at radius 2 is 2.05 bits per heavy atom. The number of rotatable bonds is 2. The van der Waals surface area contributed by atoms with Gasteiger partial charge in [0.05, 0.1) is 5.02 Å². The summed E-state index contributed by atoms with van der Waals surface area (Å²) in [7, 11) is 0. The van der Waals surface area contributed by atoms with Crippen LogP contribution in [0.5, 0.6) is 5.75 Å². The van der Waals surface area contributed by atoms with E-state index in [1.165, 1.54) is 43.2 Å². The van der Waals surface area contributed by atoms with Crippen LogP contribution in [0.1, 0.15) is 48.8 Å². The quantitative estimate of drug-likeness (QED) is 0.867. The molecule has 2 nitrogen and oxygen atoms in total. The van der Waals surface area contributed by atoms with Crippen LogP contribution in [0.25, 0.3) is 0 Å². The highest BCUT2D eigenvalue weighted by atomic mass is 35.5. The summed E-state index contributed by atoms with van der Waals surface area (Å²) >= 11 is 6.20. The molecule has 0 aromatic heterocycles. The minimum atomic E-state index is 0.328. The number of phenolic OH excluding ortho intramolecular Hbond substituents is 1. The summed E-state index contributed by atoms with van der Waals surface area (Å²) < 4.78 is 0. The molecule has 1 heterocycles. The molecular weight excluding hydrogens is 258 g/mol. The van der Waals surface area contributed by atoms with Crippen molar-refractivity contribution >= 4 is 11.6 Å². The number of benzene rings is 1. The van der Waals surface area contributed by atoms with Gasteiger partial charge < -0.3 is 10.4 Å². The first-order chi connectivity index (χ1) is 9.25. The molecule has 2 N–H and O–H groups in total. The topological polar surface area (TPSA) is 32.3 Å². The molecule has 1 aliphatic carbocycles. The van der Waals surface area contributed by atoms with Crippen LogP contribution < -0.4 is 5.32 Å². The molecule has 0 bridgehead atoms. The van der Waals surface area contributed by atoms with Gasteiger partial charge in [-0.25, -0.2) is 0 Å². The summed E-state index contributed by atoms with van der Waals surface area (Å²) in [6, 6.07) is 2.48. The molecule has 1 fully saturated rings. The Bertz CT molecular complexity index is 466. The van der Waals surface area contributed by atoms with Crippen molar-refractivity contribution in [2.75, 3.05) is 6.54 Å². The molecule has 0 amide bonds. The Kier molecular flexibility index (Phi) is 3.99. The summed E-state index contributed by atoms with van der Waals surface area (Å²) in [6.45, 7) is 1.11. The first-order valence-corrected chi connectivity index (χ1v) is 7.89. The van der Waals surface area contributed by atoms with E-state index in [2.05, 4.69) is 5.32 Å². The molecule has 0 spiro atoms. The first-order valence-electron chi connectivity index (χ1n) is 7.51. The minimum Gasteiger partial charge on any atom is -0.506 e. The fourth-order valence-electron chi connectivity index (χ4n) is 3.51. The normalized spacial score (nSPS) is 23.1. The molecule has 1 aromatic carbocycles. The zero-order valence-electron chi connectivity index (χ0n) is 11.3. The van der Waals surface area contributed by atoms with Crippen LogP contribution in [0.3, 0.4) is 0 Å². The smallest absolute Gasteiger partial charge is 0.137 e. The van der Waals surface area contributed by atoms with Crippen molar-refractivity contribution in [2.45, 2.75) is 57.4 Å². The SMILES string of the molecule is Oc1c(Cl)cc2c(c1CC1CCCCN1)CCCC2. The number of halogens is 1. The van der Waals surface area contributed by atoms with Gasteiger partial charge in [-0.05, 0) is 68.7 Å². The van der Waals surface area contributed by atoms with Gasteiger partial charge in [0, 0.05) is 11.6 Å². The van der Waals surface area contributed by atoms with E-state index in [1.807, 2.05) is 6.07 Å². The minimum absolute atomic E-state index is 0.328. The second kappa shape index (κ2) is 5.72. The second-order valence-corrected chi connectivity index (χ2v) is 6.29. The number of fused-ring (bicyclic) bond motifs is 1. The summed E-state index contributed by atoms with van der Waals surface area (Å²) in [5.41, 5.74) is 3.85. The molecule has 1 atom stereocenters. The third kappa shape index (κ3) is 2.75. The highest BCUT2D eigenvalue weighted by Crippen LogP contribution is 2.37. The van der Waals surface area contributed by atoms with E-state index in [4.69, 9.17) is 11.6 Å². The predicted octanol–water partition coefficient (Wildman–Crippen LogP) is 3.61. The average Bonchev–Trinajstić information content (AvgIpc) is 2.45. The Labute approximate surface area is 120 Å². The zero-order valence-corrected chi connectivity index (χ0v) is 12.1. The molecule has 2 aliphatic rings. The predicted molar refractivity (Wildman–Crippen MR) is 79.1 cm³/mol. The van der Waals surface area contributed by atoms with E-state index in [0.717, 1.165) is 31.4 Å². The third-order valence-electron chi connectivity index (χ3n) is 4.55. The van der Waals surface area contributed by atoms with Crippen molar-refractivity contribution in [1.82, 2.24) is 5.32 Å². The Morgan fingerprint density at radius 1 is 1.21 bits per heavy atom. The number of piperidine rings is 1. The fraction of sp³-hybridized carbons (Fsp3) is 0.625. The van der Waals surface area contributed by atoms with Gasteiger partial charge in [0.2, 0.25) is 0 Å². The van der Waals surface area contributed by atoms with Crippen LogP contribution in [0, 0.1) is 0 Å². The van der Waals surface area contributed by atoms with Gasteiger partial charge in [-0.1, -0.05) is 18.0 Å². The van der Waals surface area contributed by atoms with Gasteiger partial charge in [0.15, 0.2) is 0 Å². The van der Waals surface area contributed by atoms with Gasteiger partial charge in [0.25, 0.3) is 0 Å². The second-order valence-electron chi connectivity index (χ2n) is 5.88. The van der Waals surface area contributed by atoms with Gasteiger partial charge in [0.1, 0.15) is 5.75 Å². The van der Waals surface area contributed by atoms with E-state index in [0.29, 0.717) is 16.8 Å². The lowest BCUT2D eigenvalue weighted by atomic mass is 9.84. The fourth-order valence-corrected chi connectivity index (χ4v) is 3.75. The van der Waals surface area contributed by atoms with Crippen molar-refractivity contribution in [3.05, 3.63) is 27.8 Å². The molecule has 1 saturated heterocycles. The summed E-state index contributed by atoms with van der Waals surface area (Å²) in [4.78, 5) is 0. The van der Waals surface area contributed by atoms with E-state index < -0.39 is 0 Å². The molecule has 19 heavy (non-hydrogen) atoms. The van der Waals surface area contributed by atoms with Crippen molar-refractivity contribution in [3.63, 3.8) is 0 Å². The Balaban J connectivity index is 1.91. The van der Waals surface area contributed by atoms with Gasteiger partial charge in [-0.15, -0.1) is 0 Å². The lowest BCUT2D eigenvalue weighted by molar-refractivity contribution is 0.390. The van der Waals surface area contributed by atoms with Crippen molar-refractivity contribution in [1.29, 1.82) is 0 Å². The molecule has 0 saturated carbocycles. The van der Waals surface area contributed by atoms with Crippen molar-refractivity contribution in [3.8, 4) is 5.75 Å². The van der Waals surface area contributed by atoms with Crippen LogP contribution in [0.2, 0.25) is 5.02 Å². The van der Waals surface area contributed by atoms with Crippen LogP contribution in [0.4, 0.5) is 0 Å². The molecule has 1 unspecified atom stereocenters. The van der Waals surface area contributed by atoms with Crippen LogP contribution >= 0.6 is 11.6 Å². The summed E-state index contributed by atoms with van der Waals surface area (Å²) in [5.74, 6) is 0.328. The molecule has 0 radical (unpaired) electrons. The largest absolute Gasteiger partial charge is 0.506 e. The van der Waals surface area contributed by atoms with E-state index in [1.54, 1.807) is 0 Å². The van der Waals surface area contributed by atoms with Gasteiger partial charge >= 0.3 is 0 Å². The molecule has 1 aromatic rings. The summed E-state index contributed by atoms with van der Waals surface area (Å²) in [5, 5.41) is 14.4. The standard InChI is InChI=1S/C16H22ClNO/c17-15-9-11-5-1-2-7-13(11)14(16(15)19)10-12-6-3-4-8-18-12/h9,12,18-19H,1-8,10H2. The molecule has 3 rings (SSSR count). The number of nitrogens with one attached hydrogen (secondary N) is 1. The van der Waals surface area contributed by atoms with E-state index >= 15 is 0 Å². The average molecular weight is 280 g/mol. The Hall–Kier alpha value is -0.730. The summed E-state index contributed by atoms with van der Waals surface area (Å²) in [6.07, 6.45) is 9.39. The van der Waals surface area contributed by atoms with Gasteiger partial charge in [-0.2, -0.15) is 0 Å². The van der Waals surface area contributed by atoms with Crippen molar-refractivity contribution in [2.24, 2.45) is 0 Å². The molecule has 1 aliphatic heterocycles. The third-order valence-corrected chi connectivity index (χ3v) is 4.84. The van der Waals surface area contributed by atoms with Crippen LogP contribution in [-0.2, 0) is 19.3 Å². The number of aryl methyl sites for hydroxylation is 1. The molecular formula is C16H22ClNO. The number of phenols is 1. The number of hydrogen-bond donors (Lipinski definition) is 2. The van der Waals surface area contributed by atoms with Crippen LogP contribution in [-0.4, -0.2) is 17.7 Å². The maximum atomic E-state index is 10.3. The Morgan fingerprint density at radius 3 is 2.84 bits per heavy atom. The number of aromatic hydroxyl groups is 1. The number of hydrogen-bond acceptors (Lipinski definition) is 2. The highest BCUT2D eigenvalue weighted by molar-refractivity contribution is 6.32. The highest BCUT2D eigenvalue weighted by Gasteiger charge is 2.22. The molecule has 3 heteroatoms. The molecule has 104 valence electrons. The lowest BCUT2D eigenvalue weighted by Crippen LogP contribution is -2.36.